The molecule has 0 radical (unpaired) electrons. The van der Waals surface area contributed by atoms with Crippen LogP contribution in [0.2, 0.25) is 0 Å². The number of rotatable bonds is 2. The topological polar surface area (TPSA) is 42.2 Å². The molecule has 1 aromatic carbocycles. The molecule has 0 saturated carbocycles. The molecule has 0 bridgehead atoms. The van der Waals surface area contributed by atoms with E-state index in [-0.39, 0.29) is 18.3 Å². The molecule has 1 aromatic rings. The number of benzene rings is 1. The van der Waals surface area contributed by atoms with Gasteiger partial charge in [-0.1, -0.05) is 15.9 Å². The molecular formula is C14H16BrNO2. The molecule has 2 unspecified atom stereocenters. The largest absolute Gasteiger partial charge is 0.490 e. The molecule has 2 rings (SSSR count). The lowest BCUT2D eigenvalue weighted by Crippen LogP contribution is -2.35. The fourth-order valence-electron chi connectivity index (χ4n) is 2.33. The fraction of sp³-hybridized carbons (Fsp3) is 0.500. The normalized spacial score (nSPS) is 27.6. The number of nitriles is 1. The SMILES string of the molecule is CC1CC(Oc2cc(Br)cc(C#N)c2)CC(C)O1. The first-order valence-electron chi connectivity index (χ1n) is 6.09. The second-order valence-electron chi connectivity index (χ2n) is 4.76. The summed E-state index contributed by atoms with van der Waals surface area (Å²) in [5.74, 6) is 0.743. The Bertz CT molecular complexity index is 459. The van der Waals surface area contributed by atoms with Crippen LogP contribution in [0.4, 0.5) is 0 Å². The standard InChI is InChI=1S/C14H16BrNO2/c1-9-3-13(4-10(2)17-9)18-14-6-11(8-16)5-12(15)7-14/h5-7,9-10,13H,3-4H2,1-2H3. The second-order valence-corrected chi connectivity index (χ2v) is 5.67. The van der Waals surface area contributed by atoms with Crippen molar-refractivity contribution in [3.8, 4) is 11.8 Å². The van der Waals surface area contributed by atoms with Crippen LogP contribution in [0.3, 0.4) is 0 Å². The molecular weight excluding hydrogens is 294 g/mol. The Morgan fingerprint density at radius 3 is 2.56 bits per heavy atom. The molecule has 0 N–H and O–H groups in total. The summed E-state index contributed by atoms with van der Waals surface area (Å²) in [4.78, 5) is 0. The van der Waals surface area contributed by atoms with Crippen molar-refractivity contribution >= 4 is 15.9 Å². The highest BCUT2D eigenvalue weighted by molar-refractivity contribution is 9.10. The average molecular weight is 310 g/mol. The lowest BCUT2D eigenvalue weighted by Gasteiger charge is -2.32. The summed E-state index contributed by atoms with van der Waals surface area (Å²) >= 11 is 3.39. The number of halogens is 1. The maximum absolute atomic E-state index is 8.93. The Labute approximate surface area is 116 Å². The summed E-state index contributed by atoms with van der Waals surface area (Å²) in [6.07, 6.45) is 2.38. The molecule has 0 amide bonds. The minimum absolute atomic E-state index is 0.157. The van der Waals surface area contributed by atoms with E-state index in [2.05, 4.69) is 35.8 Å². The van der Waals surface area contributed by atoms with Crippen LogP contribution in [0.25, 0.3) is 0 Å². The third-order valence-corrected chi connectivity index (χ3v) is 3.42. The molecule has 1 aliphatic heterocycles. The highest BCUT2D eigenvalue weighted by Gasteiger charge is 2.25. The lowest BCUT2D eigenvalue weighted by molar-refractivity contribution is -0.0721. The highest BCUT2D eigenvalue weighted by atomic mass is 79.9. The van der Waals surface area contributed by atoms with Gasteiger partial charge in [0.05, 0.1) is 23.8 Å². The smallest absolute Gasteiger partial charge is 0.122 e. The van der Waals surface area contributed by atoms with Gasteiger partial charge < -0.3 is 9.47 Å². The second kappa shape index (κ2) is 5.73. The Morgan fingerprint density at radius 2 is 1.94 bits per heavy atom. The molecule has 0 aromatic heterocycles. The van der Waals surface area contributed by atoms with E-state index >= 15 is 0 Å². The Kier molecular flexibility index (Phi) is 4.26. The summed E-state index contributed by atoms with van der Waals surface area (Å²) in [5, 5.41) is 8.93. The molecule has 96 valence electrons. The number of nitrogens with zero attached hydrogens (tertiary/aromatic N) is 1. The molecule has 0 aliphatic carbocycles. The van der Waals surface area contributed by atoms with Crippen molar-refractivity contribution in [2.45, 2.75) is 45.0 Å². The van der Waals surface area contributed by atoms with Gasteiger partial charge in [-0.05, 0) is 32.0 Å². The van der Waals surface area contributed by atoms with E-state index in [0.717, 1.165) is 23.1 Å². The highest BCUT2D eigenvalue weighted by Crippen LogP contribution is 2.27. The van der Waals surface area contributed by atoms with Crippen LogP contribution < -0.4 is 4.74 Å². The summed E-state index contributed by atoms with van der Waals surface area (Å²) < 4.78 is 12.5. The maximum Gasteiger partial charge on any atom is 0.122 e. The van der Waals surface area contributed by atoms with Crippen LogP contribution in [0.5, 0.6) is 5.75 Å². The lowest BCUT2D eigenvalue weighted by atomic mass is 10.0. The fourth-order valence-corrected chi connectivity index (χ4v) is 2.80. The summed E-state index contributed by atoms with van der Waals surface area (Å²) in [6, 6.07) is 7.58. The van der Waals surface area contributed by atoms with Crippen molar-refractivity contribution < 1.29 is 9.47 Å². The maximum atomic E-state index is 8.93. The monoisotopic (exact) mass is 309 g/mol. The van der Waals surface area contributed by atoms with Crippen LogP contribution in [-0.2, 0) is 4.74 Å². The predicted molar refractivity (Wildman–Crippen MR) is 72.5 cm³/mol. The third kappa shape index (κ3) is 3.47. The predicted octanol–water partition coefficient (Wildman–Crippen LogP) is 3.66. The van der Waals surface area contributed by atoms with Crippen LogP contribution in [0.1, 0.15) is 32.3 Å². The van der Waals surface area contributed by atoms with Crippen molar-refractivity contribution in [1.82, 2.24) is 0 Å². The van der Waals surface area contributed by atoms with Gasteiger partial charge in [-0.2, -0.15) is 5.26 Å². The first-order valence-corrected chi connectivity index (χ1v) is 6.89. The quantitative estimate of drug-likeness (QED) is 0.837. The minimum atomic E-state index is 0.157. The molecule has 1 aliphatic rings. The van der Waals surface area contributed by atoms with Crippen molar-refractivity contribution in [1.29, 1.82) is 5.26 Å². The van der Waals surface area contributed by atoms with Gasteiger partial charge >= 0.3 is 0 Å². The van der Waals surface area contributed by atoms with Gasteiger partial charge in [0.1, 0.15) is 11.9 Å². The van der Waals surface area contributed by atoms with Crippen LogP contribution in [-0.4, -0.2) is 18.3 Å². The van der Waals surface area contributed by atoms with E-state index in [9.17, 15) is 0 Å². The van der Waals surface area contributed by atoms with Crippen LogP contribution in [0.15, 0.2) is 22.7 Å². The molecule has 3 nitrogen and oxygen atoms in total. The van der Waals surface area contributed by atoms with E-state index in [4.69, 9.17) is 14.7 Å². The molecule has 1 heterocycles. The molecule has 0 spiro atoms. The van der Waals surface area contributed by atoms with Gasteiger partial charge in [0.2, 0.25) is 0 Å². The molecule has 18 heavy (non-hydrogen) atoms. The molecule has 4 heteroatoms. The zero-order valence-corrected chi connectivity index (χ0v) is 12.1. The van der Waals surface area contributed by atoms with Crippen molar-refractivity contribution in [3.63, 3.8) is 0 Å². The van der Waals surface area contributed by atoms with Gasteiger partial charge in [-0.15, -0.1) is 0 Å². The Morgan fingerprint density at radius 1 is 1.28 bits per heavy atom. The first-order chi connectivity index (χ1) is 8.56. The summed E-state index contributed by atoms with van der Waals surface area (Å²) in [7, 11) is 0. The first kappa shape index (κ1) is 13.4. The van der Waals surface area contributed by atoms with Gasteiger partial charge in [0, 0.05) is 17.3 Å². The van der Waals surface area contributed by atoms with E-state index in [0.29, 0.717) is 5.56 Å². The zero-order chi connectivity index (χ0) is 13.1. The van der Waals surface area contributed by atoms with Crippen LogP contribution >= 0.6 is 15.9 Å². The van der Waals surface area contributed by atoms with Gasteiger partial charge in [0.25, 0.3) is 0 Å². The average Bonchev–Trinajstić information content (AvgIpc) is 2.26. The van der Waals surface area contributed by atoms with Gasteiger partial charge in [-0.3, -0.25) is 0 Å². The minimum Gasteiger partial charge on any atom is -0.490 e. The number of ether oxygens (including phenoxy) is 2. The molecule has 1 fully saturated rings. The van der Waals surface area contributed by atoms with Gasteiger partial charge in [-0.25, -0.2) is 0 Å². The third-order valence-electron chi connectivity index (χ3n) is 2.96. The van der Waals surface area contributed by atoms with Crippen LogP contribution in [0, 0.1) is 11.3 Å². The zero-order valence-electron chi connectivity index (χ0n) is 10.5. The summed E-state index contributed by atoms with van der Waals surface area (Å²) in [5.41, 5.74) is 0.604. The van der Waals surface area contributed by atoms with Gasteiger partial charge in [0.15, 0.2) is 0 Å². The van der Waals surface area contributed by atoms with E-state index in [1.807, 2.05) is 6.07 Å². The van der Waals surface area contributed by atoms with E-state index in [1.54, 1.807) is 12.1 Å². The molecule has 2 atom stereocenters. The van der Waals surface area contributed by atoms with Crippen molar-refractivity contribution in [2.75, 3.05) is 0 Å². The Balaban J connectivity index is 2.09. The molecule has 1 saturated heterocycles. The van der Waals surface area contributed by atoms with E-state index in [1.165, 1.54) is 0 Å². The summed E-state index contributed by atoms with van der Waals surface area (Å²) in [6.45, 7) is 4.13. The Hall–Kier alpha value is -1.05. The number of hydrogen-bond donors (Lipinski definition) is 0. The van der Waals surface area contributed by atoms with Crippen molar-refractivity contribution in [2.24, 2.45) is 0 Å². The van der Waals surface area contributed by atoms with E-state index < -0.39 is 0 Å². The number of hydrogen-bond acceptors (Lipinski definition) is 3. The van der Waals surface area contributed by atoms with Crippen molar-refractivity contribution in [3.05, 3.63) is 28.2 Å².